The molecule has 1 aliphatic heterocycles. The van der Waals surface area contributed by atoms with Crippen LogP contribution in [0.4, 0.5) is 11.4 Å². The number of nitrogens with zero attached hydrogens (tertiary/aromatic N) is 2. The van der Waals surface area contributed by atoms with Crippen LogP contribution in [0.1, 0.15) is 26.3 Å². The van der Waals surface area contributed by atoms with Crippen LogP contribution in [0, 0.1) is 0 Å². The van der Waals surface area contributed by atoms with Gasteiger partial charge in [0.15, 0.2) is 0 Å². The number of benzene rings is 3. The maximum absolute atomic E-state index is 13.0. The van der Waals surface area contributed by atoms with Crippen molar-refractivity contribution in [1.29, 1.82) is 0 Å². The third-order valence-corrected chi connectivity index (χ3v) is 6.64. The van der Waals surface area contributed by atoms with Crippen LogP contribution in [0.25, 0.3) is 0 Å². The number of ether oxygens (including phenoxy) is 1. The van der Waals surface area contributed by atoms with E-state index in [0.717, 1.165) is 38.4 Å². The van der Waals surface area contributed by atoms with E-state index >= 15 is 0 Å². The number of methoxy groups -OCH3 is 1. The van der Waals surface area contributed by atoms with Crippen LogP contribution in [0.15, 0.2) is 66.7 Å². The summed E-state index contributed by atoms with van der Waals surface area (Å²) in [6, 6.07) is 20.5. The first-order chi connectivity index (χ1) is 16.5. The van der Waals surface area contributed by atoms with Gasteiger partial charge in [-0.3, -0.25) is 9.69 Å². The molecule has 0 spiro atoms. The van der Waals surface area contributed by atoms with Crippen LogP contribution in [-0.4, -0.2) is 50.1 Å². The molecule has 1 aliphatic rings. The molecule has 1 saturated heterocycles. The summed E-state index contributed by atoms with van der Waals surface area (Å²) in [5.74, 6) is -0.881. The second-order valence-corrected chi connectivity index (χ2v) is 8.81. The molecule has 34 heavy (non-hydrogen) atoms. The number of nitrogens with one attached hydrogen (secondary N) is 1. The van der Waals surface area contributed by atoms with E-state index in [0.29, 0.717) is 16.3 Å². The smallest absolute Gasteiger partial charge is 0.337 e. The molecular weight excluding hydrogens is 473 g/mol. The number of amides is 1. The number of hydrogen-bond donors (Lipinski definition) is 1. The van der Waals surface area contributed by atoms with Gasteiger partial charge in [0.05, 0.1) is 39.7 Å². The molecule has 1 N–H and O–H groups in total. The fourth-order valence-electron chi connectivity index (χ4n) is 4.01. The lowest BCUT2D eigenvalue weighted by Crippen LogP contribution is -2.46. The standard InChI is InChI=1S/C26H25Cl2N3O3/c1-34-26(33)19-10-11-23(22(16-19)29-25(32)20-8-5-9-21(27)24(20)28)31-14-12-30(13-15-31)17-18-6-3-2-4-7-18/h2-11,16H,12-15,17H2,1H3,(H,29,32). The van der Waals surface area contributed by atoms with Crippen LogP contribution in [0.2, 0.25) is 10.0 Å². The van der Waals surface area contributed by atoms with Crippen molar-refractivity contribution in [2.45, 2.75) is 6.54 Å². The molecule has 3 aromatic carbocycles. The fraction of sp³-hybridized carbons (Fsp3) is 0.231. The van der Waals surface area contributed by atoms with Gasteiger partial charge in [0.25, 0.3) is 5.91 Å². The summed E-state index contributed by atoms with van der Waals surface area (Å²) in [6.45, 7) is 4.21. The highest BCUT2D eigenvalue weighted by Gasteiger charge is 2.22. The summed E-state index contributed by atoms with van der Waals surface area (Å²) >= 11 is 12.3. The zero-order valence-corrected chi connectivity index (χ0v) is 20.3. The van der Waals surface area contributed by atoms with E-state index in [1.807, 2.05) is 12.1 Å². The Balaban J connectivity index is 1.54. The van der Waals surface area contributed by atoms with E-state index in [9.17, 15) is 9.59 Å². The van der Waals surface area contributed by atoms with Crippen molar-refractivity contribution in [2.75, 3.05) is 43.5 Å². The Morgan fingerprint density at radius 2 is 1.68 bits per heavy atom. The Hall–Kier alpha value is -3.06. The SMILES string of the molecule is COC(=O)c1ccc(N2CCN(Cc3ccccc3)CC2)c(NC(=O)c2cccc(Cl)c2Cl)c1. The lowest BCUT2D eigenvalue weighted by atomic mass is 10.1. The number of anilines is 2. The van der Waals surface area contributed by atoms with Gasteiger partial charge in [-0.15, -0.1) is 0 Å². The van der Waals surface area contributed by atoms with Crippen molar-refractivity contribution in [2.24, 2.45) is 0 Å². The average molecular weight is 498 g/mol. The second kappa shape index (κ2) is 10.9. The highest BCUT2D eigenvalue weighted by Crippen LogP contribution is 2.31. The number of esters is 1. The molecule has 4 rings (SSSR count). The monoisotopic (exact) mass is 497 g/mol. The lowest BCUT2D eigenvalue weighted by molar-refractivity contribution is 0.0600. The van der Waals surface area contributed by atoms with Crippen molar-refractivity contribution in [3.63, 3.8) is 0 Å². The van der Waals surface area contributed by atoms with Crippen LogP contribution in [0.5, 0.6) is 0 Å². The van der Waals surface area contributed by atoms with Gasteiger partial charge >= 0.3 is 5.97 Å². The van der Waals surface area contributed by atoms with E-state index in [4.69, 9.17) is 27.9 Å². The summed E-state index contributed by atoms with van der Waals surface area (Å²) in [5, 5.41) is 3.40. The normalized spacial score (nSPS) is 14.0. The number of carbonyl (C=O) groups is 2. The summed E-state index contributed by atoms with van der Waals surface area (Å²) in [4.78, 5) is 29.8. The molecule has 0 atom stereocenters. The Kier molecular flexibility index (Phi) is 7.73. The summed E-state index contributed by atoms with van der Waals surface area (Å²) in [5.41, 5.74) is 3.24. The first-order valence-corrected chi connectivity index (χ1v) is 11.7. The Labute approximate surface area is 209 Å². The van der Waals surface area contributed by atoms with Crippen molar-refractivity contribution in [3.05, 3.63) is 93.5 Å². The fourth-order valence-corrected chi connectivity index (χ4v) is 4.40. The predicted molar refractivity (Wildman–Crippen MR) is 136 cm³/mol. The van der Waals surface area contributed by atoms with Crippen LogP contribution < -0.4 is 10.2 Å². The van der Waals surface area contributed by atoms with Crippen LogP contribution in [0.3, 0.4) is 0 Å². The molecule has 0 aromatic heterocycles. The van der Waals surface area contributed by atoms with Gasteiger partial charge in [-0.05, 0) is 35.9 Å². The van der Waals surface area contributed by atoms with E-state index < -0.39 is 11.9 Å². The van der Waals surface area contributed by atoms with Crippen LogP contribution >= 0.6 is 23.2 Å². The van der Waals surface area contributed by atoms with E-state index in [1.54, 1.807) is 30.3 Å². The minimum absolute atomic E-state index is 0.182. The summed E-state index contributed by atoms with van der Waals surface area (Å²) in [7, 11) is 1.33. The first kappa shape index (κ1) is 24.1. The molecule has 0 unspecified atom stereocenters. The molecule has 0 bridgehead atoms. The third-order valence-electron chi connectivity index (χ3n) is 5.82. The highest BCUT2D eigenvalue weighted by molar-refractivity contribution is 6.44. The predicted octanol–water partition coefficient (Wildman–Crippen LogP) is 5.35. The Morgan fingerprint density at radius 1 is 0.941 bits per heavy atom. The molecule has 6 nitrogen and oxygen atoms in total. The number of carbonyl (C=O) groups excluding carboxylic acids is 2. The van der Waals surface area contributed by atoms with Gasteiger partial charge in [0, 0.05) is 32.7 Å². The van der Waals surface area contributed by atoms with E-state index in [-0.39, 0.29) is 10.6 Å². The van der Waals surface area contributed by atoms with Crippen LogP contribution in [-0.2, 0) is 11.3 Å². The van der Waals surface area contributed by atoms with E-state index in [1.165, 1.54) is 12.7 Å². The molecule has 3 aromatic rings. The Bertz CT molecular complexity index is 1180. The Morgan fingerprint density at radius 3 is 2.38 bits per heavy atom. The lowest BCUT2D eigenvalue weighted by Gasteiger charge is -2.37. The largest absolute Gasteiger partial charge is 0.465 e. The molecule has 1 heterocycles. The molecular formula is C26H25Cl2N3O3. The minimum Gasteiger partial charge on any atom is -0.465 e. The first-order valence-electron chi connectivity index (χ1n) is 10.9. The number of halogens is 2. The zero-order chi connectivity index (χ0) is 24.1. The molecule has 0 aliphatic carbocycles. The number of hydrogen-bond acceptors (Lipinski definition) is 5. The van der Waals surface area contributed by atoms with Gasteiger partial charge in [0.1, 0.15) is 0 Å². The van der Waals surface area contributed by atoms with Crippen molar-refractivity contribution >= 4 is 46.5 Å². The molecule has 0 saturated carbocycles. The average Bonchev–Trinajstić information content (AvgIpc) is 2.86. The third kappa shape index (κ3) is 5.53. The molecule has 0 radical (unpaired) electrons. The quantitative estimate of drug-likeness (QED) is 0.464. The van der Waals surface area contributed by atoms with Gasteiger partial charge in [-0.1, -0.05) is 59.6 Å². The highest BCUT2D eigenvalue weighted by atomic mass is 35.5. The topological polar surface area (TPSA) is 61.9 Å². The molecule has 1 fully saturated rings. The van der Waals surface area contributed by atoms with Gasteiger partial charge in [-0.2, -0.15) is 0 Å². The van der Waals surface area contributed by atoms with Gasteiger partial charge in [0.2, 0.25) is 0 Å². The summed E-state index contributed by atoms with van der Waals surface area (Å²) in [6.07, 6.45) is 0. The second-order valence-electron chi connectivity index (χ2n) is 8.03. The molecule has 1 amide bonds. The number of rotatable bonds is 6. The maximum Gasteiger partial charge on any atom is 0.337 e. The van der Waals surface area contributed by atoms with Crippen molar-refractivity contribution in [1.82, 2.24) is 4.90 Å². The van der Waals surface area contributed by atoms with Gasteiger partial charge < -0.3 is 15.0 Å². The molecule has 8 heteroatoms. The number of piperazine rings is 1. The van der Waals surface area contributed by atoms with Crippen molar-refractivity contribution in [3.8, 4) is 0 Å². The van der Waals surface area contributed by atoms with Gasteiger partial charge in [-0.25, -0.2) is 4.79 Å². The van der Waals surface area contributed by atoms with E-state index in [2.05, 4.69) is 39.4 Å². The minimum atomic E-state index is -0.476. The maximum atomic E-state index is 13.0. The zero-order valence-electron chi connectivity index (χ0n) is 18.8. The summed E-state index contributed by atoms with van der Waals surface area (Å²) < 4.78 is 4.86. The molecule has 176 valence electrons. The van der Waals surface area contributed by atoms with Crippen molar-refractivity contribution < 1.29 is 14.3 Å².